The van der Waals surface area contributed by atoms with E-state index in [4.69, 9.17) is 4.74 Å². The molecule has 1 aromatic carbocycles. The molecule has 0 aromatic heterocycles. The Bertz CT molecular complexity index is 423. The van der Waals surface area contributed by atoms with Crippen LogP contribution in [0.2, 0.25) is 0 Å². The second-order valence-electron chi connectivity index (χ2n) is 4.94. The number of carbonyl (C=O) groups excluding carboxylic acids is 1. The summed E-state index contributed by atoms with van der Waals surface area (Å²) in [6.45, 7) is 7.66. The Balaban J connectivity index is 1.92. The van der Waals surface area contributed by atoms with Crippen molar-refractivity contribution in [1.29, 1.82) is 0 Å². The van der Waals surface area contributed by atoms with Gasteiger partial charge in [0.2, 0.25) is 5.91 Å². The summed E-state index contributed by atoms with van der Waals surface area (Å²) in [6.07, 6.45) is 2.23. The molecule has 1 unspecified atom stereocenters. The fourth-order valence-corrected chi connectivity index (χ4v) is 1.92. The van der Waals surface area contributed by atoms with E-state index in [-0.39, 0.29) is 11.5 Å². The van der Waals surface area contributed by atoms with Crippen molar-refractivity contribution in [2.45, 2.75) is 18.9 Å². The average Bonchev–Trinajstić information content (AvgIpc) is 3.13. The van der Waals surface area contributed by atoms with Gasteiger partial charge in [-0.25, -0.2) is 0 Å². The van der Waals surface area contributed by atoms with Gasteiger partial charge in [0.15, 0.2) is 0 Å². The van der Waals surface area contributed by atoms with Crippen LogP contribution in [0, 0.1) is 0 Å². The van der Waals surface area contributed by atoms with Gasteiger partial charge in [0, 0.05) is 6.54 Å². The normalized spacial score (nSPS) is 21.4. The van der Waals surface area contributed by atoms with Crippen LogP contribution in [0.25, 0.3) is 0 Å². The first-order chi connectivity index (χ1) is 8.63. The first-order valence-corrected chi connectivity index (χ1v) is 6.22. The smallest absolute Gasteiger partial charge is 0.246 e. The molecule has 1 aromatic rings. The number of hydrogen-bond acceptors (Lipinski definition) is 2. The molecule has 1 amide bonds. The Kier molecular flexibility index (Phi) is 3.82. The molecule has 96 valence electrons. The molecule has 1 aliphatic heterocycles. The van der Waals surface area contributed by atoms with E-state index in [0.29, 0.717) is 13.1 Å². The standard InChI is InChI=1S/C15H19NO2/c1-3-14(17)16(11-15(2)12-18-15)10-9-13-7-5-4-6-8-13/h3-8H,1,9-12H2,2H3. The second kappa shape index (κ2) is 5.36. The van der Waals surface area contributed by atoms with Gasteiger partial charge in [0.1, 0.15) is 5.60 Å². The third-order valence-corrected chi connectivity index (χ3v) is 3.16. The number of ether oxygens (including phenoxy) is 1. The zero-order chi connectivity index (χ0) is 13.0. The van der Waals surface area contributed by atoms with Crippen LogP contribution in [0.4, 0.5) is 0 Å². The lowest BCUT2D eigenvalue weighted by molar-refractivity contribution is -0.126. The van der Waals surface area contributed by atoms with E-state index in [9.17, 15) is 4.79 Å². The van der Waals surface area contributed by atoms with Crippen molar-refractivity contribution in [1.82, 2.24) is 4.90 Å². The van der Waals surface area contributed by atoms with Crippen LogP contribution >= 0.6 is 0 Å². The fraction of sp³-hybridized carbons (Fsp3) is 0.400. The lowest BCUT2D eigenvalue weighted by Gasteiger charge is -2.23. The Labute approximate surface area is 108 Å². The third-order valence-electron chi connectivity index (χ3n) is 3.16. The molecule has 1 fully saturated rings. The van der Waals surface area contributed by atoms with Crippen molar-refractivity contribution in [3.8, 4) is 0 Å². The number of carbonyl (C=O) groups is 1. The molecular formula is C15H19NO2. The molecule has 0 spiro atoms. The summed E-state index contributed by atoms with van der Waals surface area (Å²) in [5.74, 6) is -0.0253. The summed E-state index contributed by atoms with van der Waals surface area (Å²) >= 11 is 0. The molecule has 3 heteroatoms. The van der Waals surface area contributed by atoms with Gasteiger partial charge in [0.25, 0.3) is 0 Å². The molecule has 0 bridgehead atoms. The number of amides is 1. The van der Waals surface area contributed by atoms with Crippen LogP contribution in [0.15, 0.2) is 43.0 Å². The van der Waals surface area contributed by atoms with Crippen LogP contribution in [0.1, 0.15) is 12.5 Å². The molecule has 1 aliphatic rings. The zero-order valence-corrected chi connectivity index (χ0v) is 10.8. The second-order valence-corrected chi connectivity index (χ2v) is 4.94. The van der Waals surface area contributed by atoms with Crippen molar-refractivity contribution >= 4 is 5.91 Å². The maximum absolute atomic E-state index is 11.8. The lowest BCUT2D eigenvalue weighted by atomic mass is 10.1. The average molecular weight is 245 g/mol. The van der Waals surface area contributed by atoms with E-state index in [1.165, 1.54) is 11.6 Å². The number of benzene rings is 1. The summed E-state index contributed by atoms with van der Waals surface area (Å²) in [5, 5.41) is 0. The van der Waals surface area contributed by atoms with Crippen LogP contribution in [-0.2, 0) is 16.0 Å². The molecule has 0 radical (unpaired) electrons. The molecule has 2 rings (SSSR count). The quantitative estimate of drug-likeness (QED) is 0.567. The van der Waals surface area contributed by atoms with Crippen LogP contribution < -0.4 is 0 Å². The maximum Gasteiger partial charge on any atom is 0.246 e. The van der Waals surface area contributed by atoms with E-state index in [1.54, 1.807) is 0 Å². The molecular weight excluding hydrogens is 226 g/mol. The van der Waals surface area contributed by atoms with E-state index >= 15 is 0 Å². The highest BCUT2D eigenvalue weighted by Crippen LogP contribution is 2.27. The molecule has 1 saturated heterocycles. The highest BCUT2D eigenvalue weighted by Gasteiger charge is 2.41. The predicted molar refractivity (Wildman–Crippen MR) is 71.3 cm³/mol. The summed E-state index contributed by atoms with van der Waals surface area (Å²) in [7, 11) is 0. The zero-order valence-electron chi connectivity index (χ0n) is 10.8. The minimum Gasteiger partial charge on any atom is -0.368 e. The Morgan fingerprint density at radius 2 is 2.17 bits per heavy atom. The van der Waals surface area contributed by atoms with Gasteiger partial charge in [-0.1, -0.05) is 36.9 Å². The predicted octanol–water partition coefficient (Wildman–Crippen LogP) is 2.03. The van der Waals surface area contributed by atoms with Gasteiger partial charge in [-0.05, 0) is 25.0 Å². The molecule has 1 heterocycles. The molecule has 18 heavy (non-hydrogen) atoms. The Morgan fingerprint density at radius 1 is 1.50 bits per heavy atom. The fourth-order valence-electron chi connectivity index (χ4n) is 1.92. The summed E-state index contributed by atoms with van der Waals surface area (Å²) in [5.41, 5.74) is 1.09. The van der Waals surface area contributed by atoms with E-state index in [0.717, 1.165) is 13.0 Å². The summed E-state index contributed by atoms with van der Waals surface area (Å²) in [6, 6.07) is 10.2. The van der Waals surface area contributed by atoms with Crippen LogP contribution in [0.3, 0.4) is 0 Å². The minimum absolute atomic E-state index is 0.0253. The summed E-state index contributed by atoms with van der Waals surface area (Å²) < 4.78 is 5.35. The molecule has 3 nitrogen and oxygen atoms in total. The van der Waals surface area contributed by atoms with Gasteiger partial charge in [-0.15, -0.1) is 0 Å². The number of epoxide rings is 1. The largest absolute Gasteiger partial charge is 0.368 e. The molecule has 0 saturated carbocycles. The molecule has 0 aliphatic carbocycles. The van der Waals surface area contributed by atoms with Crippen molar-refractivity contribution in [3.05, 3.63) is 48.6 Å². The van der Waals surface area contributed by atoms with Gasteiger partial charge >= 0.3 is 0 Å². The van der Waals surface area contributed by atoms with E-state index in [2.05, 4.69) is 18.7 Å². The Morgan fingerprint density at radius 3 is 2.72 bits per heavy atom. The number of rotatable bonds is 6. The number of hydrogen-bond donors (Lipinski definition) is 0. The lowest BCUT2D eigenvalue weighted by Crippen LogP contribution is -2.38. The van der Waals surface area contributed by atoms with E-state index in [1.807, 2.05) is 30.0 Å². The maximum atomic E-state index is 11.8. The third kappa shape index (κ3) is 3.44. The van der Waals surface area contributed by atoms with Gasteiger partial charge < -0.3 is 9.64 Å². The van der Waals surface area contributed by atoms with Crippen molar-refractivity contribution in [2.24, 2.45) is 0 Å². The van der Waals surface area contributed by atoms with Gasteiger partial charge in [-0.2, -0.15) is 0 Å². The van der Waals surface area contributed by atoms with Crippen LogP contribution in [0.5, 0.6) is 0 Å². The summed E-state index contributed by atoms with van der Waals surface area (Å²) in [4.78, 5) is 13.6. The van der Waals surface area contributed by atoms with Crippen molar-refractivity contribution in [3.63, 3.8) is 0 Å². The van der Waals surface area contributed by atoms with Crippen molar-refractivity contribution < 1.29 is 9.53 Å². The minimum atomic E-state index is -0.143. The highest BCUT2D eigenvalue weighted by molar-refractivity contribution is 5.87. The first-order valence-electron chi connectivity index (χ1n) is 6.22. The van der Waals surface area contributed by atoms with Crippen LogP contribution in [-0.4, -0.2) is 36.1 Å². The Hall–Kier alpha value is -1.61. The van der Waals surface area contributed by atoms with Crippen molar-refractivity contribution in [2.75, 3.05) is 19.7 Å². The molecule has 0 N–H and O–H groups in total. The monoisotopic (exact) mass is 245 g/mol. The topological polar surface area (TPSA) is 32.8 Å². The van der Waals surface area contributed by atoms with E-state index < -0.39 is 0 Å². The first kappa shape index (κ1) is 12.8. The van der Waals surface area contributed by atoms with Gasteiger partial charge in [-0.3, -0.25) is 4.79 Å². The number of nitrogens with zero attached hydrogens (tertiary/aromatic N) is 1. The SMILES string of the molecule is C=CC(=O)N(CCc1ccccc1)CC1(C)CO1. The molecule has 1 atom stereocenters. The highest BCUT2D eigenvalue weighted by atomic mass is 16.6. The van der Waals surface area contributed by atoms with Gasteiger partial charge in [0.05, 0.1) is 13.2 Å².